The fraction of sp³-hybridized carbons (Fsp3) is 0.637. The van der Waals surface area contributed by atoms with Crippen LogP contribution in [0.2, 0.25) is 0 Å². The number of carbonyl (C=O) groups is 3. The van der Waals surface area contributed by atoms with Gasteiger partial charge in [0.15, 0.2) is 6.10 Å². The number of quaternary nitrogens is 1. The van der Waals surface area contributed by atoms with Gasteiger partial charge in [-0.15, -0.1) is 0 Å². The molecule has 504 valence electrons. The van der Waals surface area contributed by atoms with Crippen LogP contribution in [0.4, 0.5) is 0 Å². The molecule has 0 amide bonds. The van der Waals surface area contributed by atoms with Gasteiger partial charge < -0.3 is 28.5 Å². The molecule has 0 saturated carbocycles. The van der Waals surface area contributed by atoms with Gasteiger partial charge in [-0.3, -0.25) is 9.59 Å². The monoisotopic (exact) mass is 1230 g/mol. The quantitative estimate of drug-likeness (QED) is 0.0211. The Morgan fingerprint density at radius 3 is 0.978 bits per heavy atom. The lowest BCUT2D eigenvalue weighted by molar-refractivity contribution is -0.870. The average Bonchev–Trinajstić information content (AvgIpc) is 3.64. The number of nitrogens with zero attached hydrogens (tertiary/aromatic N) is 1. The van der Waals surface area contributed by atoms with Crippen molar-refractivity contribution in [3.63, 3.8) is 0 Å². The zero-order valence-corrected chi connectivity index (χ0v) is 57.5. The maximum Gasteiger partial charge on any atom is 0.361 e. The molecule has 0 spiro atoms. The molecule has 9 nitrogen and oxygen atoms in total. The molecule has 0 fully saturated rings. The van der Waals surface area contributed by atoms with Crippen LogP contribution in [-0.4, -0.2) is 87.4 Å². The highest BCUT2D eigenvalue weighted by Gasteiger charge is 2.25. The number of carboxylic acid groups (broad SMARTS) is 1. The molecule has 2 atom stereocenters. The molecule has 0 aliphatic heterocycles. The Morgan fingerprint density at radius 1 is 0.348 bits per heavy atom. The number of ether oxygens (including phenoxy) is 4. The minimum Gasteiger partial charge on any atom is -0.477 e. The van der Waals surface area contributed by atoms with Gasteiger partial charge in [0.25, 0.3) is 6.29 Å². The normalized spacial score (nSPS) is 13.7. The van der Waals surface area contributed by atoms with Crippen LogP contribution in [-0.2, 0) is 33.3 Å². The van der Waals surface area contributed by atoms with Crippen molar-refractivity contribution in [1.29, 1.82) is 0 Å². The van der Waals surface area contributed by atoms with Gasteiger partial charge in [-0.25, -0.2) is 4.79 Å². The molecule has 0 radical (unpaired) electrons. The molecule has 0 aliphatic carbocycles. The smallest absolute Gasteiger partial charge is 0.361 e. The van der Waals surface area contributed by atoms with E-state index in [4.69, 9.17) is 18.9 Å². The third kappa shape index (κ3) is 70.2. The first-order valence-electron chi connectivity index (χ1n) is 35.6. The number of aliphatic carboxylic acids is 1. The molecule has 0 aromatic rings. The topological polar surface area (TPSA) is 108 Å². The van der Waals surface area contributed by atoms with Gasteiger partial charge in [0.05, 0.1) is 34.4 Å². The molecule has 1 N–H and O–H groups in total. The number of likely N-dealkylation sites (N-methyl/N-ethyl adjacent to an activating group) is 1. The van der Waals surface area contributed by atoms with E-state index in [0.29, 0.717) is 17.4 Å². The van der Waals surface area contributed by atoms with E-state index in [0.717, 1.165) is 109 Å². The highest BCUT2D eigenvalue weighted by molar-refractivity contribution is 5.71. The molecule has 0 bridgehead atoms. The lowest BCUT2D eigenvalue weighted by atomic mass is 10.0. The predicted octanol–water partition coefficient (Wildman–Crippen LogP) is 22.5. The fourth-order valence-corrected chi connectivity index (χ4v) is 9.34. The van der Waals surface area contributed by atoms with Crippen LogP contribution >= 0.6 is 0 Å². The predicted molar refractivity (Wildman–Crippen MR) is 382 cm³/mol. The number of hydrogen-bond donors (Lipinski definition) is 1. The maximum atomic E-state index is 12.9. The molecule has 0 heterocycles. The highest BCUT2D eigenvalue weighted by atomic mass is 16.7. The summed E-state index contributed by atoms with van der Waals surface area (Å²) in [6.45, 7) is 4.70. The Kier molecular flexibility index (Phi) is 64.9. The molecule has 0 saturated heterocycles. The van der Waals surface area contributed by atoms with Gasteiger partial charge in [-0.1, -0.05) is 287 Å². The Morgan fingerprint density at radius 2 is 0.640 bits per heavy atom. The summed E-state index contributed by atoms with van der Waals surface area (Å²) < 4.78 is 22.9. The van der Waals surface area contributed by atoms with Crippen molar-refractivity contribution < 1.29 is 42.9 Å². The van der Waals surface area contributed by atoms with Crippen molar-refractivity contribution in [3.8, 4) is 0 Å². The number of esters is 2. The highest BCUT2D eigenvalue weighted by Crippen LogP contribution is 2.16. The van der Waals surface area contributed by atoms with Gasteiger partial charge in [0.2, 0.25) is 0 Å². The molecule has 0 rings (SSSR count). The van der Waals surface area contributed by atoms with E-state index in [9.17, 15) is 19.5 Å². The Bertz CT molecular complexity index is 2020. The molecule has 0 aliphatic rings. The van der Waals surface area contributed by atoms with Crippen LogP contribution in [0.5, 0.6) is 0 Å². The summed E-state index contributed by atoms with van der Waals surface area (Å²) >= 11 is 0. The van der Waals surface area contributed by atoms with Gasteiger partial charge in [-0.05, 0) is 128 Å². The molecule has 0 aromatic heterocycles. The molecule has 2 unspecified atom stereocenters. The number of unbranched alkanes of at least 4 members (excludes halogenated alkanes) is 23. The second kappa shape index (κ2) is 68.8. The summed E-state index contributed by atoms with van der Waals surface area (Å²) in [4.78, 5) is 37.6. The molecular weight excluding hydrogens is 1100 g/mol. The number of hydrogen-bond acceptors (Lipinski definition) is 7. The van der Waals surface area contributed by atoms with Gasteiger partial charge in [-0.2, -0.15) is 0 Å². The third-order valence-corrected chi connectivity index (χ3v) is 14.8. The summed E-state index contributed by atoms with van der Waals surface area (Å²) in [5, 5.41) is 9.75. The second-order valence-corrected chi connectivity index (χ2v) is 24.5. The van der Waals surface area contributed by atoms with Crippen molar-refractivity contribution >= 4 is 17.9 Å². The van der Waals surface area contributed by atoms with Crippen molar-refractivity contribution in [2.24, 2.45) is 0 Å². The van der Waals surface area contributed by atoms with Crippen molar-refractivity contribution in [3.05, 3.63) is 158 Å². The molecule has 9 heteroatoms. The number of rotatable bonds is 64. The van der Waals surface area contributed by atoms with E-state index in [2.05, 4.69) is 172 Å². The minimum absolute atomic E-state index is 0.171. The summed E-state index contributed by atoms with van der Waals surface area (Å²) in [5.41, 5.74) is 0. The summed E-state index contributed by atoms with van der Waals surface area (Å²) in [6, 6.07) is 0. The minimum atomic E-state index is -1.53. The maximum absolute atomic E-state index is 12.9. The SMILES string of the molecule is CC/C=C\C/C=C\C/C=C\C/C=C\C/C=C\C/C=C\C/C=C\C/C=C\C/C=C\C/C=C\CCCCC(=O)OC(COC(=O)CCCCCCCCCCCCCCCCCC/C=C\C/C=C\C/C=C\CCCCCCC)COC(OCC[N+](C)(C)C)C(=O)O. The number of allylic oxidation sites excluding steroid dienone is 26. The zero-order valence-electron chi connectivity index (χ0n) is 57.5. The van der Waals surface area contributed by atoms with Crippen molar-refractivity contribution in [2.75, 3.05) is 47.5 Å². The Hall–Kier alpha value is -5.09. The van der Waals surface area contributed by atoms with Gasteiger partial charge in [0.1, 0.15) is 13.2 Å². The standard InChI is InChI=1S/C80H131NO8/c1-6-8-10-12-14-16-18-20-22-24-26-28-30-32-34-36-38-39-41-43-45-47-49-51-53-55-57-59-61-63-65-67-69-71-78(83)89-76(75-88-80(79(84)85)86-73-72-81(3,4)5)74-87-77(82)70-68-66-64-62-60-58-56-54-52-50-48-46-44-42-40-37-35-33-31-29-27-25-23-21-19-17-15-13-11-9-7-2/h8,10,14,16,19-22,25-28,31-34,38-39,43,45,49,51,55,57,61,63,76,80H,6-7,9,11-13,15,17-18,23-24,29-30,35-37,40-42,44,46-48,50,52-54,56,58-60,62,64-75H2,1-5H3/p+1/b10-8-,16-14-,21-19-,22-20-,27-25-,28-26-,33-31-,34-32-,39-38-,45-43-,51-49-,57-55-,63-61-. The van der Waals surface area contributed by atoms with Crippen LogP contribution in [0, 0.1) is 0 Å². The van der Waals surface area contributed by atoms with Crippen LogP contribution < -0.4 is 0 Å². The largest absolute Gasteiger partial charge is 0.477 e. The van der Waals surface area contributed by atoms with E-state index in [1.807, 2.05) is 21.1 Å². The van der Waals surface area contributed by atoms with Crippen molar-refractivity contribution in [1.82, 2.24) is 0 Å². The third-order valence-electron chi connectivity index (χ3n) is 14.8. The van der Waals surface area contributed by atoms with E-state index in [1.54, 1.807) is 0 Å². The summed E-state index contributed by atoms with van der Waals surface area (Å²) in [7, 11) is 5.95. The Labute approximate surface area is 546 Å². The van der Waals surface area contributed by atoms with Crippen LogP contribution in [0.15, 0.2) is 158 Å². The van der Waals surface area contributed by atoms with Crippen LogP contribution in [0.3, 0.4) is 0 Å². The van der Waals surface area contributed by atoms with E-state index in [1.165, 1.54) is 128 Å². The van der Waals surface area contributed by atoms with Crippen LogP contribution in [0.1, 0.15) is 271 Å². The summed E-state index contributed by atoms with van der Waals surface area (Å²) in [5.74, 6) is -2.08. The van der Waals surface area contributed by atoms with E-state index in [-0.39, 0.29) is 38.6 Å². The molecular formula is C80H132NO8+. The zero-order chi connectivity index (χ0) is 64.7. The lowest BCUT2D eigenvalue weighted by Gasteiger charge is -2.25. The molecule has 89 heavy (non-hydrogen) atoms. The van der Waals surface area contributed by atoms with Gasteiger partial charge in [0, 0.05) is 12.8 Å². The first kappa shape index (κ1) is 83.9. The van der Waals surface area contributed by atoms with E-state index < -0.39 is 24.3 Å². The second-order valence-electron chi connectivity index (χ2n) is 24.5. The average molecular weight is 1240 g/mol. The fourth-order valence-electron chi connectivity index (χ4n) is 9.34. The first-order valence-corrected chi connectivity index (χ1v) is 35.6. The number of carbonyl (C=O) groups excluding carboxylic acids is 2. The summed E-state index contributed by atoms with van der Waals surface area (Å²) in [6.07, 6.45) is 99.3. The Balaban J connectivity index is 4.24. The molecule has 0 aromatic carbocycles. The van der Waals surface area contributed by atoms with E-state index >= 15 is 0 Å². The van der Waals surface area contributed by atoms with Crippen LogP contribution in [0.25, 0.3) is 0 Å². The number of carboxylic acids is 1. The van der Waals surface area contributed by atoms with Crippen molar-refractivity contribution in [2.45, 2.75) is 283 Å². The lowest BCUT2D eigenvalue weighted by Crippen LogP contribution is -2.40. The first-order chi connectivity index (χ1) is 43.6. The van der Waals surface area contributed by atoms with Gasteiger partial charge >= 0.3 is 17.9 Å².